The topological polar surface area (TPSA) is 55.4 Å². The van der Waals surface area contributed by atoms with E-state index in [2.05, 4.69) is 5.32 Å². The molecule has 1 atom stereocenters. The second-order valence-corrected chi connectivity index (χ2v) is 4.27. The van der Waals surface area contributed by atoms with Crippen LogP contribution in [0.25, 0.3) is 0 Å². The van der Waals surface area contributed by atoms with Crippen LogP contribution in [0.1, 0.15) is 30.6 Å². The number of carbonyl (C=O) groups excluding carboxylic acids is 2. The quantitative estimate of drug-likeness (QED) is 0.807. The zero-order valence-electron chi connectivity index (χ0n) is 10.4. The minimum absolute atomic E-state index is 0.188. The monoisotopic (exact) mass is 269 g/mol. The summed E-state index contributed by atoms with van der Waals surface area (Å²) < 4.78 is 5.44. The number of hydrogen-bond acceptors (Lipinski definition) is 3. The van der Waals surface area contributed by atoms with E-state index < -0.39 is 6.10 Å². The van der Waals surface area contributed by atoms with Crippen LogP contribution in [0.4, 0.5) is 0 Å². The average Bonchev–Trinajstić information content (AvgIpc) is 2.38. The van der Waals surface area contributed by atoms with Crippen molar-refractivity contribution in [2.75, 3.05) is 6.54 Å². The SMILES string of the molecule is CCCNC(=O)C(C)Oc1ccc(C=O)cc1Cl. The van der Waals surface area contributed by atoms with Gasteiger partial charge in [0.1, 0.15) is 12.0 Å². The smallest absolute Gasteiger partial charge is 0.260 e. The zero-order chi connectivity index (χ0) is 13.5. The summed E-state index contributed by atoms with van der Waals surface area (Å²) in [6, 6.07) is 4.67. The van der Waals surface area contributed by atoms with E-state index in [0.29, 0.717) is 29.2 Å². The van der Waals surface area contributed by atoms with Crippen molar-refractivity contribution in [1.29, 1.82) is 0 Å². The number of aldehydes is 1. The normalized spacial score (nSPS) is 11.7. The zero-order valence-corrected chi connectivity index (χ0v) is 11.2. The summed E-state index contributed by atoms with van der Waals surface area (Å²) in [6.07, 6.45) is 0.941. The number of halogens is 1. The van der Waals surface area contributed by atoms with Crippen molar-refractivity contribution in [3.63, 3.8) is 0 Å². The van der Waals surface area contributed by atoms with E-state index in [-0.39, 0.29) is 5.91 Å². The molecule has 0 saturated heterocycles. The van der Waals surface area contributed by atoms with Gasteiger partial charge in [0.15, 0.2) is 6.10 Å². The van der Waals surface area contributed by atoms with Crippen molar-refractivity contribution in [2.24, 2.45) is 0 Å². The number of amides is 1. The summed E-state index contributed by atoms with van der Waals surface area (Å²) in [6.45, 7) is 4.24. The minimum Gasteiger partial charge on any atom is -0.479 e. The van der Waals surface area contributed by atoms with Crippen LogP contribution in [0, 0.1) is 0 Å². The van der Waals surface area contributed by atoms with Crippen LogP contribution in [0.3, 0.4) is 0 Å². The Kier molecular flexibility index (Phi) is 5.65. The van der Waals surface area contributed by atoms with Gasteiger partial charge in [-0.1, -0.05) is 18.5 Å². The number of ether oxygens (including phenoxy) is 1. The molecule has 0 aliphatic rings. The number of benzene rings is 1. The van der Waals surface area contributed by atoms with Gasteiger partial charge in [0.25, 0.3) is 5.91 Å². The highest BCUT2D eigenvalue weighted by molar-refractivity contribution is 6.32. The number of carbonyl (C=O) groups is 2. The Bertz CT molecular complexity index is 434. The van der Waals surface area contributed by atoms with Crippen molar-refractivity contribution in [3.8, 4) is 5.75 Å². The molecule has 1 aromatic rings. The fraction of sp³-hybridized carbons (Fsp3) is 0.385. The van der Waals surface area contributed by atoms with Gasteiger partial charge < -0.3 is 10.1 Å². The van der Waals surface area contributed by atoms with Crippen molar-refractivity contribution < 1.29 is 14.3 Å². The summed E-state index contributed by atoms with van der Waals surface area (Å²) in [4.78, 5) is 22.2. The van der Waals surface area contributed by atoms with Crippen LogP contribution >= 0.6 is 11.6 Å². The lowest BCUT2D eigenvalue weighted by atomic mass is 10.2. The van der Waals surface area contributed by atoms with Gasteiger partial charge in [-0.3, -0.25) is 9.59 Å². The fourth-order valence-electron chi connectivity index (χ4n) is 1.32. The van der Waals surface area contributed by atoms with Crippen LogP contribution in [0.2, 0.25) is 5.02 Å². The molecule has 1 amide bonds. The summed E-state index contributed by atoms with van der Waals surface area (Å²) in [7, 11) is 0. The molecule has 1 N–H and O–H groups in total. The van der Waals surface area contributed by atoms with Gasteiger partial charge in [-0.25, -0.2) is 0 Å². The largest absolute Gasteiger partial charge is 0.479 e. The predicted molar refractivity (Wildman–Crippen MR) is 70.2 cm³/mol. The van der Waals surface area contributed by atoms with E-state index in [1.807, 2.05) is 6.92 Å². The maximum absolute atomic E-state index is 11.6. The van der Waals surface area contributed by atoms with E-state index in [9.17, 15) is 9.59 Å². The molecule has 1 rings (SSSR count). The van der Waals surface area contributed by atoms with E-state index in [1.54, 1.807) is 19.1 Å². The molecule has 18 heavy (non-hydrogen) atoms. The molecular weight excluding hydrogens is 254 g/mol. The molecule has 0 aliphatic heterocycles. The highest BCUT2D eigenvalue weighted by Crippen LogP contribution is 2.25. The lowest BCUT2D eigenvalue weighted by Gasteiger charge is -2.15. The van der Waals surface area contributed by atoms with Gasteiger partial charge in [-0.2, -0.15) is 0 Å². The summed E-state index contributed by atoms with van der Waals surface area (Å²) in [5, 5.41) is 3.05. The van der Waals surface area contributed by atoms with Crippen LogP contribution in [0.5, 0.6) is 5.75 Å². The molecule has 0 radical (unpaired) electrons. The molecule has 1 unspecified atom stereocenters. The maximum atomic E-state index is 11.6. The Morgan fingerprint density at radius 2 is 2.28 bits per heavy atom. The molecule has 4 nitrogen and oxygen atoms in total. The molecule has 0 bridgehead atoms. The van der Waals surface area contributed by atoms with Crippen LogP contribution in [-0.4, -0.2) is 24.8 Å². The fourth-order valence-corrected chi connectivity index (χ4v) is 1.56. The van der Waals surface area contributed by atoms with Gasteiger partial charge in [0, 0.05) is 12.1 Å². The standard InChI is InChI=1S/C13H16ClNO3/c1-3-6-15-13(17)9(2)18-12-5-4-10(8-16)7-11(12)14/h4-5,7-9H,3,6H2,1-2H3,(H,15,17). The van der Waals surface area contributed by atoms with Crippen molar-refractivity contribution >= 4 is 23.8 Å². The molecule has 0 heterocycles. The number of hydrogen-bond donors (Lipinski definition) is 1. The third kappa shape index (κ3) is 4.04. The first-order valence-electron chi connectivity index (χ1n) is 5.77. The highest BCUT2D eigenvalue weighted by atomic mass is 35.5. The Hall–Kier alpha value is -1.55. The average molecular weight is 270 g/mol. The third-order valence-electron chi connectivity index (χ3n) is 2.31. The van der Waals surface area contributed by atoms with Gasteiger partial charge in [-0.05, 0) is 31.5 Å². The maximum Gasteiger partial charge on any atom is 0.260 e. The molecule has 0 aliphatic carbocycles. The molecule has 98 valence electrons. The van der Waals surface area contributed by atoms with Gasteiger partial charge >= 0.3 is 0 Å². The molecule has 0 fully saturated rings. The van der Waals surface area contributed by atoms with E-state index >= 15 is 0 Å². The third-order valence-corrected chi connectivity index (χ3v) is 2.61. The molecule has 5 heteroatoms. The lowest BCUT2D eigenvalue weighted by molar-refractivity contribution is -0.127. The molecule has 0 aromatic heterocycles. The lowest BCUT2D eigenvalue weighted by Crippen LogP contribution is -2.36. The molecular formula is C13H16ClNO3. The minimum atomic E-state index is -0.629. The highest BCUT2D eigenvalue weighted by Gasteiger charge is 2.15. The van der Waals surface area contributed by atoms with Crippen LogP contribution < -0.4 is 10.1 Å². The summed E-state index contributed by atoms with van der Waals surface area (Å²) in [5.74, 6) is 0.203. The summed E-state index contributed by atoms with van der Waals surface area (Å²) >= 11 is 5.95. The Labute approximate surface area is 111 Å². The van der Waals surface area contributed by atoms with E-state index in [1.165, 1.54) is 6.07 Å². The van der Waals surface area contributed by atoms with Crippen molar-refractivity contribution in [1.82, 2.24) is 5.32 Å². The van der Waals surface area contributed by atoms with Gasteiger partial charge in [0.05, 0.1) is 5.02 Å². The first-order chi connectivity index (χ1) is 8.58. The Balaban J connectivity index is 2.66. The van der Waals surface area contributed by atoms with Crippen molar-refractivity contribution in [3.05, 3.63) is 28.8 Å². The van der Waals surface area contributed by atoms with E-state index in [0.717, 1.165) is 6.42 Å². The molecule has 0 saturated carbocycles. The Morgan fingerprint density at radius 1 is 1.56 bits per heavy atom. The number of rotatable bonds is 6. The number of nitrogens with one attached hydrogen (secondary N) is 1. The van der Waals surface area contributed by atoms with Crippen LogP contribution in [0.15, 0.2) is 18.2 Å². The second kappa shape index (κ2) is 7.01. The first-order valence-corrected chi connectivity index (χ1v) is 6.15. The van der Waals surface area contributed by atoms with Gasteiger partial charge in [-0.15, -0.1) is 0 Å². The van der Waals surface area contributed by atoms with E-state index in [4.69, 9.17) is 16.3 Å². The predicted octanol–water partition coefficient (Wildman–Crippen LogP) is 2.45. The second-order valence-electron chi connectivity index (χ2n) is 3.86. The first kappa shape index (κ1) is 14.5. The molecule has 0 spiro atoms. The van der Waals surface area contributed by atoms with Crippen LogP contribution in [-0.2, 0) is 4.79 Å². The van der Waals surface area contributed by atoms with Crippen molar-refractivity contribution in [2.45, 2.75) is 26.4 Å². The Morgan fingerprint density at radius 3 is 2.83 bits per heavy atom. The molecule has 1 aromatic carbocycles. The van der Waals surface area contributed by atoms with Gasteiger partial charge in [0.2, 0.25) is 0 Å². The summed E-state index contributed by atoms with van der Waals surface area (Å²) in [5.41, 5.74) is 0.468.